The van der Waals surface area contributed by atoms with Gasteiger partial charge in [0.15, 0.2) is 11.5 Å². The summed E-state index contributed by atoms with van der Waals surface area (Å²) in [7, 11) is 0. The first-order valence-electron chi connectivity index (χ1n) is 9.23. The average molecular weight is 367 g/mol. The summed E-state index contributed by atoms with van der Waals surface area (Å²) in [5.74, 6) is 1.51. The molecule has 0 unspecified atom stereocenters. The lowest BCUT2D eigenvalue weighted by molar-refractivity contribution is -0.146. The summed E-state index contributed by atoms with van der Waals surface area (Å²) in [4.78, 5) is 18.2. The molecule has 2 saturated heterocycles. The Labute approximate surface area is 157 Å². The standard InChI is InChI=1S/C20H21N3O4/c24-19-11-27-20(12-22-19)4-7-23(8-5-20)15-3-6-21-16(10-15)14-1-2-17-18(9-14)26-13-25-17/h1-3,6,9-10H,4-5,7-8,11-13H2,(H,22,24). The molecule has 1 aromatic heterocycles. The van der Waals surface area contributed by atoms with Crippen LogP contribution in [0.15, 0.2) is 36.5 Å². The normalized spacial score (nSPS) is 20.6. The zero-order chi connectivity index (χ0) is 18.3. The molecule has 0 saturated carbocycles. The highest BCUT2D eigenvalue weighted by molar-refractivity contribution is 5.78. The number of carbonyl (C=O) groups excluding carboxylic acids is 1. The predicted molar refractivity (Wildman–Crippen MR) is 98.9 cm³/mol. The molecular weight excluding hydrogens is 346 g/mol. The van der Waals surface area contributed by atoms with Gasteiger partial charge in [-0.15, -0.1) is 0 Å². The van der Waals surface area contributed by atoms with E-state index in [2.05, 4.69) is 21.3 Å². The van der Waals surface area contributed by atoms with Gasteiger partial charge in [0, 0.05) is 37.1 Å². The van der Waals surface area contributed by atoms with Crippen molar-refractivity contribution in [1.82, 2.24) is 10.3 Å². The van der Waals surface area contributed by atoms with Crippen LogP contribution < -0.4 is 19.7 Å². The Balaban J connectivity index is 1.32. The number of nitrogens with zero attached hydrogens (tertiary/aromatic N) is 2. The molecule has 0 radical (unpaired) electrons. The third-order valence-electron chi connectivity index (χ3n) is 5.57. The Kier molecular flexibility index (Phi) is 3.89. The van der Waals surface area contributed by atoms with Crippen molar-refractivity contribution in [1.29, 1.82) is 0 Å². The predicted octanol–water partition coefficient (Wildman–Crippen LogP) is 1.96. The van der Waals surface area contributed by atoms with E-state index in [1.165, 1.54) is 0 Å². The summed E-state index contributed by atoms with van der Waals surface area (Å²) < 4.78 is 16.7. The summed E-state index contributed by atoms with van der Waals surface area (Å²) in [6.07, 6.45) is 3.64. The Morgan fingerprint density at radius 1 is 1.07 bits per heavy atom. The van der Waals surface area contributed by atoms with Crippen LogP contribution in [0.3, 0.4) is 0 Å². The van der Waals surface area contributed by atoms with E-state index in [0.29, 0.717) is 6.54 Å². The maximum atomic E-state index is 11.3. The van der Waals surface area contributed by atoms with Crippen molar-refractivity contribution < 1.29 is 19.0 Å². The minimum atomic E-state index is -0.211. The highest BCUT2D eigenvalue weighted by atomic mass is 16.7. The number of pyridine rings is 1. The molecule has 7 heteroatoms. The molecule has 1 amide bonds. The van der Waals surface area contributed by atoms with E-state index in [1.807, 2.05) is 30.5 Å². The van der Waals surface area contributed by atoms with E-state index < -0.39 is 0 Å². The SMILES string of the molecule is O=C1COC2(CCN(c3ccnc(-c4ccc5c(c4)OCO5)c3)CC2)CN1. The zero-order valence-corrected chi connectivity index (χ0v) is 14.9. The first-order valence-corrected chi connectivity index (χ1v) is 9.23. The number of ether oxygens (including phenoxy) is 3. The smallest absolute Gasteiger partial charge is 0.246 e. The number of benzene rings is 1. The molecule has 2 aromatic rings. The van der Waals surface area contributed by atoms with Gasteiger partial charge in [-0.05, 0) is 43.2 Å². The molecule has 0 bridgehead atoms. The molecule has 3 aliphatic rings. The molecule has 1 N–H and O–H groups in total. The minimum Gasteiger partial charge on any atom is -0.454 e. The summed E-state index contributed by atoms with van der Waals surface area (Å²) in [5, 5.41) is 2.93. The average Bonchev–Trinajstić information content (AvgIpc) is 3.19. The van der Waals surface area contributed by atoms with Gasteiger partial charge in [-0.1, -0.05) is 0 Å². The van der Waals surface area contributed by atoms with Crippen LogP contribution in [0.25, 0.3) is 11.3 Å². The number of fused-ring (bicyclic) bond motifs is 1. The minimum absolute atomic E-state index is 0.0226. The highest BCUT2D eigenvalue weighted by Gasteiger charge is 2.39. The Morgan fingerprint density at radius 3 is 2.74 bits per heavy atom. The van der Waals surface area contributed by atoms with Gasteiger partial charge in [-0.25, -0.2) is 0 Å². The Bertz CT molecular complexity index is 865. The van der Waals surface area contributed by atoms with Gasteiger partial charge in [0.1, 0.15) is 6.61 Å². The van der Waals surface area contributed by atoms with Crippen LogP contribution in [0.2, 0.25) is 0 Å². The number of anilines is 1. The van der Waals surface area contributed by atoms with E-state index in [-0.39, 0.29) is 24.9 Å². The second-order valence-electron chi connectivity index (χ2n) is 7.20. The Hall–Kier alpha value is -2.80. The molecule has 4 heterocycles. The van der Waals surface area contributed by atoms with Crippen molar-refractivity contribution in [3.05, 3.63) is 36.5 Å². The topological polar surface area (TPSA) is 72.9 Å². The fourth-order valence-corrected chi connectivity index (χ4v) is 3.90. The fourth-order valence-electron chi connectivity index (χ4n) is 3.90. The van der Waals surface area contributed by atoms with E-state index in [4.69, 9.17) is 14.2 Å². The van der Waals surface area contributed by atoms with Gasteiger partial charge in [-0.3, -0.25) is 9.78 Å². The highest BCUT2D eigenvalue weighted by Crippen LogP contribution is 2.36. The van der Waals surface area contributed by atoms with Gasteiger partial charge in [0.2, 0.25) is 12.7 Å². The molecule has 7 nitrogen and oxygen atoms in total. The van der Waals surface area contributed by atoms with Crippen molar-refractivity contribution >= 4 is 11.6 Å². The second-order valence-corrected chi connectivity index (χ2v) is 7.20. The quantitative estimate of drug-likeness (QED) is 0.875. The third-order valence-corrected chi connectivity index (χ3v) is 5.57. The molecule has 3 aliphatic heterocycles. The lowest BCUT2D eigenvalue weighted by Crippen LogP contribution is -2.57. The molecular formula is C20H21N3O4. The van der Waals surface area contributed by atoms with Crippen molar-refractivity contribution in [2.75, 3.05) is 37.9 Å². The molecule has 1 aromatic carbocycles. The zero-order valence-electron chi connectivity index (χ0n) is 14.9. The fraction of sp³-hybridized carbons (Fsp3) is 0.400. The molecule has 0 atom stereocenters. The number of piperidine rings is 1. The van der Waals surface area contributed by atoms with E-state index in [0.717, 1.165) is 54.4 Å². The summed E-state index contributed by atoms with van der Waals surface area (Å²) in [6, 6.07) is 10.0. The maximum absolute atomic E-state index is 11.3. The number of carbonyl (C=O) groups is 1. The summed E-state index contributed by atoms with van der Waals surface area (Å²) >= 11 is 0. The van der Waals surface area contributed by atoms with E-state index >= 15 is 0 Å². The number of hydrogen-bond donors (Lipinski definition) is 1. The van der Waals surface area contributed by atoms with Crippen LogP contribution in [0.1, 0.15) is 12.8 Å². The second kappa shape index (κ2) is 6.42. The Morgan fingerprint density at radius 2 is 1.93 bits per heavy atom. The maximum Gasteiger partial charge on any atom is 0.246 e. The monoisotopic (exact) mass is 367 g/mol. The van der Waals surface area contributed by atoms with Crippen LogP contribution >= 0.6 is 0 Å². The van der Waals surface area contributed by atoms with Crippen LogP contribution in [0.5, 0.6) is 11.5 Å². The number of aromatic nitrogens is 1. The lowest BCUT2D eigenvalue weighted by atomic mass is 9.89. The van der Waals surface area contributed by atoms with E-state index in [1.54, 1.807) is 0 Å². The number of nitrogens with one attached hydrogen (secondary N) is 1. The number of amides is 1. The van der Waals surface area contributed by atoms with E-state index in [9.17, 15) is 4.79 Å². The van der Waals surface area contributed by atoms with Crippen molar-refractivity contribution in [3.63, 3.8) is 0 Å². The largest absolute Gasteiger partial charge is 0.454 e. The van der Waals surface area contributed by atoms with Crippen molar-refractivity contribution in [3.8, 4) is 22.8 Å². The molecule has 0 aliphatic carbocycles. The van der Waals surface area contributed by atoms with Gasteiger partial charge in [0.25, 0.3) is 0 Å². The number of rotatable bonds is 2. The van der Waals surface area contributed by atoms with Gasteiger partial charge in [-0.2, -0.15) is 0 Å². The van der Waals surface area contributed by atoms with Gasteiger partial charge in [0.05, 0.1) is 11.3 Å². The molecule has 140 valence electrons. The van der Waals surface area contributed by atoms with Crippen LogP contribution in [0.4, 0.5) is 5.69 Å². The molecule has 1 spiro atoms. The summed E-state index contributed by atoms with van der Waals surface area (Å²) in [6.45, 7) is 2.83. The first-order chi connectivity index (χ1) is 13.2. The van der Waals surface area contributed by atoms with Gasteiger partial charge < -0.3 is 24.4 Å². The molecule has 27 heavy (non-hydrogen) atoms. The number of morpholine rings is 1. The summed E-state index contributed by atoms with van der Waals surface area (Å²) in [5.41, 5.74) is 2.85. The molecule has 5 rings (SSSR count). The molecule has 2 fully saturated rings. The lowest BCUT2D eigenvalue weighted by Gasteiger charge is -2.44. The third kappa shape index (κ3) is 3.08. The van der Waals surface area contributed by atoms with Crippen molar-refractivity contribution in [2.45, 2.75) is 18.4 Å². The van der Waals surface area contributed by atoms with Crippen molar-refractivity contribution in [2.24, 2.45) is 0 Å². The van der Waals surface area contributed by atoms with Crippen LogP contribution in [-0.2, 0) is 9.53 Å². The first kappa shape index (κ1) is 16.4. The van der Waals surface area contributed by atoms with Crippen LogP contribution in [-0.4, -0.2) is 49.5 Å². The van der Waals surface area contributed by atoms with Crippen LogP contribution in [0, 0.1) is 0 Å². The van der Waals surface area contributed by atoms with Gasteiger partial charge >= 0.3 is 0 Å². The number of hydrogen-bond acceptors (Lipinski definition) is 6.